The number of halogens is 1. The van der Waals surface area contributed by atoms with Gasteiger partial charge in [0, 0.05) is 25.6 Å². The molecule has 5 nitrogen and oxygen atoms in total. The number of unbranched alkanes of at least 4 members (excludes halogenated alkanes) is 9. The molecule has 1 amide bonds. The summed E-state index contributed by atoms with van der Waals surface area (Å²) < 4.78 is 13.8. The van der Waals surface area contributed by atoms with Crippen LogP contribution in [0.4, 0.5) is 0 Å². The molecule has 1 aromatic carbocycles. The Bertz CT molecular complexity index is 875. The van der Waals surface area contributed by atoms with E-state index in [0.717, 1.165) is 35.7 Å². The highest BCUT2D eigenvalue weighted by atomic mass is 127. The van der Waals surface area contributed by atoms with Crippen LogP contribution in [0.3, 0.4) is 0 Å². The van der Waals surface area contributed by atoms with E-state index < -0.39 is 0 Å². The molecule has 6 heteroatoms. The minimum Gasteiger partial charge on any atom is -1.00 e. The minimum absolute atomic E-state index is 0. The number of carbonyl (C=O) groups excluding carboxylic acids is 1. The zero-order chi connectivity index (χ0) is 25.3. The van der Waals surface area contributed by atoms with Crippen LogP contribution in [0, 0.1) is 0 Å². The number of rotatable bonds is 18. The van der Waals surface area contributed by atoms with Crippen molar-refractivity contribution in [3.8, 4) is 11.5 Å². The van der Waals surface area contributed by atoms with Gasteiger partial charge in [0.15, 0.2) is 17.7 Å². The van der Waals surface area contributed by atoms with Crippen LogP contribution in [-0.4, -0.2) is 24.5 Å². The molecule has 2 aromatic rings. The van der Waals surface area contributed by atoms with Crippen molar-refractivity contribution in [3.05, 3.63) is 53.9 Å². The monoisotopic (exact) mass is 610 g/mol. The third-order valence-electron chi connectivity index (χ3n) is 6.53. The summed E-state index contributed by atoms with van der Waals surface area (Å²) in [5, 5.41) is 0. The number of hydrogen-bond acceptors (Lipinski definition) is 3. The number of aromatic nitrogens is 1. The number of nitrogens with zero attached hydrogens (tertiary/aromatic N) is 2. The minimum atomic E-state index is 0. The third kappa shape index (κ3) is 11.9. The van der Waals surface area contributed by atoms with Crippen LogP contribution in [0.5, 0.6) is 11.5 Å². The maximum Gasteiger partial charge on any atom is 0.220 e. The van der Waals surface area contributed by atoms with Crippen LogP contribution in [0.25, 0.3) is 0 Å². The van der Waals surface area contributed by atoms with Crippen molar-refractivity contribution in [1.29, 1.82) is 0 Å². The SMILES string of the molecule is CCCCCCCCCCCCOc1ccc(CN(Cc2cccc[n+]2CC)C(C)=O)cc1OC.[I-]. The standard InChI is InChI=1S/C30H47N2O3.HI/c1-5-7-8-9-10-11-12-13-14-17-22-35-29-20-19-27(23-30(29)34-4)24-32(26(3)33)25-28-18-15-16-21-31(28)6-2;/h15-16,18-21,23H,5-14,17,22,24-25H2,1-4H3;1H/q+1;/p-1. The van der Waals surface area contributed by atoms with Gasteiger partial charge in [0.2, 0.25) is 11.6 Å². The summed E-state index contributed by atoms with van der Waals surface area (Å²) in [4.78, 5) is 14.2. The lowest BCUT2D eigenvalue weighted by atomic mass is 10.1. The first kappa shape index (κ1) is 32.2. The second-order valence-electron chi connectivity index (χ2n) is 9.37. The molecule has 1 aromatic heterocycles. The fourth-order valence-corrected chi connectivity index (χ4v) is 4.36. The Labute approximate surface area is 236 Å². The summed E-state index contributed by atoms with van der Waals surface area (Å²) in [5.41, 5.74) is 2.15. The molecule has 36 heavy (non-hydrogen) atoms. The average Bonchev–Trinajstić information content (AvgIpc) is 2.87. The molecule has 0 aliphatic heterocycles. The highest BCUT2D eigenvalue weighted by Crippen LogP contribution is 2.29. The van der Waals surface area contributed by atoms with Crippen molar-refractivity contribution in [2.75, 3.05) is 13.7 Å². The molecular weight excluding hydrogens is 563 g/mol. The molecular formula is C30H47IN2O3. The molecule has 2 rings (SSSR count). The number of amides is 1. The van der Waals surface area contributed by atoms with Gasteiger partial charge >= 0.3 is 0 Å². The van der Waals surface area contributed by atoms with Crippen LogP contribution >= 0.6 is 0 Å². The van der Waals surface area contributed by atoms with Gasteiger partial charge in [-0.3, -0.25) is 4.79 Å². The van der Waals surface area contributed by atoms with Crippen molar-refractivity contribution < 1.29 is 42.8 Å². The van der Waals surface area contributed by atoms with E-state index in [1.54, 1.807) is 14.0 Å². The highest BCUT2D eigenvalue weighted by molar-refractivity contribution is 5.73. The van der Waals surface area contributed by atoms with Crippen LogP contribution in [-0.2, 0) is 24.4 Å². The van der Waals surface area contributed by atoms with Crippen LogP contribution < -0.4 is 38.0 Å². The first-order valence-electron chi connectivity index (χ1n) is 13.6. The Balaban J connectivity index is 0.00000648. The molecule has 0 N–H and O–H groups in total. The van der Waals surface area contributed by atoms with Crippen molar-refractivity contribution in [1.82, 2.24) is 4.90 Å². The quantitative estimate of drug-likeness (QED) is 0.146. The second-order valence-corrected chi connectivity index (χ2v) is 9.37. The van der Waals surface area contributed by atoms with E-state index in [4.69, 9.17) is 9.47 Å². The molecule has 0 aliphatic carbocycles. The summed E-state index contributed by atoms with van der Waals surface area (Å²) in [5.74, 6) is 1.55. The van der Waals surface area contributed by atoms with E-state index in [9.17, 15) is 4.79 Å². The molecule has 0 radical (unpaired) electrons. The van der Waals surface area contributed by atoms with Gasteiger partial charge in [0.05, 0.1) is 13.7 Å². The summed E-state index contributed by atoms with van der Waals surface area (Å²) in [6, 6.07) is 12.1. The molecule has 0 atom stereocenters. The average molecular weight is 611 g/mol. The number of pyridine rings is 1. The van der Waals surface area contributed by atoms with Gasteiger partial charge < -0.3 is 38.4 Å². The van der Waals surface area contributed by atoms with Gasteiger partial charge in [-0.2, -0.15) is 0 Å². The largest absolute Gasteiger partial charge is 1.00 e. The van der Waals surface area contributed by atoms with Gasteiger partial charge in [-0.05, 0) is 31.0 Å². The van der Waals surface area contributed by atoms with E-state index >= 15 is 0 Å². The summed E-state index contributed by atoms with van der Waals surface area (Å²) >= 11 is 0. The Kier molecular flexibility index (Phi) is 17.3. The van der Waals surface area contributed by atoms with Crippen molar-refractivity contribution in [2.45, 2.75) is 105 Å². The molecule has 0 bridgehead atoms. The topological polar surface area (TPSA) is 42.7 Å². The maximum atomic E-state index is 12.4. The second kappa shape index (κ2) is 19.3. The van der Waals surface area contributed by atoms with E-state index in [0.29, 0.717) is 19.7 Å². The van der Waals surface area contributed by atoms with Gasteiger partial charge in [0.1, 0.15) is 13.1 Å². The number of ether oxygens (including phenoxy) is 2. The van der Waals surface area contributed by atoms with Gasteiger partial charge in [0.25, 0.3) is 0 Å². The van der Waals surface area contributed by atoms with E-state index in [1.165, 1.54) is 57.8 Å². The van der Waals surface area contributed by atoms with Crippen molar-refractivity contribution in [2.24, 2.45) is 0 Å². The molecule has 0 fully saturated rings. The molecule has 202 valence electrons. The zero-order valence-electron chi connectivity index (χ0n) is 22.9. The van der Waals surface area contributed by atoms with Crippen molar-refractivity contribution >= 4 is 5.91 Å². The summed E-state index contributed by atoms with van der Waals surface area (Å²) in [6.45, 7) is 8.69. The normalized spacial score (nSPS) is 10.6. The third-order valence-corrected chi connectivity index (χ3v) is 6.53. The lowest BCUT2D eigenvalue weighted by molar-refractivity contribution is -0.701. The first-order valence-corrected chi connectivity index (χ1v) is 13.6. The Morgan fingerprint density at radius 2 is 1.53 bits per heavy atom. The molecule has 0 unspecified atom stereocenters. The lowest BCUT2D eigenvalue weighted by Crippen LogP contribution is -3.00. The van der Waals surface area contributed by atoms with Crippen LogP contribution in [0.1, 0.15) is 96.2 Å². The van der Waals surface area contributed by atoms with Crippen molar-refractivity contribution in [3.63, 3.8) is 0 Å². The Hall–Kier alpha value is -1.83. The predicted octanol–water partition coefficient (Wildman–Crippen LogP) is 3.86. The Morgan fingerprint density at radius 1 is 0.861 bits per heavy atom. The maximum absolute atomic E-state index is 12.4. The number of hydrogen-bond donors (Lipinski definition) is 0. The smallest absolute Gasteiger partial charge is 0.220 e. The molecule has 0 spiro atoms. The van der Waals surface area contributed by atoms with Gasteiger partial charge in [-0.25, -0.2) is 4.57 Å². The Morgan fingerprint density at radius 3 is 2.14 bits per heavy atom. The van der Waals surface area contributed by atoms with E-state index in [1.807, 2.05) is 35.2 Å². The van der Waals surface area contributed by atoms with Gasteiger partial charge in [-0.15, -0.1) is 0 Å². The number of benzene rings is 1. The number of aryl methyl sites for hydroxylation is 1. The zero-order valence-corrected chi connectivity index (χ0v) is 25.1. The van der Waals surface area contributed by atoms with Crippen LogP contribution in [0.2, 0.25) is 0 Å². The lowest BCUT2D eigenvalue weighted by Gasteiger charge is -2.21. The van der Waals surface area contributed by atoms with Gasteiger partial charge in [-0.1, -0.05) is 76.8 Å². The highest BCUT2D eigenvalue weighted by Gasteiger charge is 2.17. The molecule has 1 heterocycles. The molecule has 0 saturated carbocycles. The van der Waals surface area contributed by atoms with Crippen LogP contribution in [0.15, 0.2) is 42.6 Å². The van der Waals surface area contributed by atoms with E-state index in [2.05, 4.69) is 30.7 Å². The molecule has 0 saturated heterocycles. The number of methoxy groups -OCH3 is 1. The van der Waals surface area contributed by atoms with E-state index in [-0.39, 0.29) is 29.9 Å². The fraction of sp³-hybridized carbons (Fsp3) is 0.600. The predicted molar refractivity (Wildman–Crippen MR) is 143 cm³/mol. The molecule has 0 aliphatic rings. The number of carbonyl (C=O) groups is 1. The summed E-state index contributed by atoms with van der Waals surface area (Å²) in [7, 11) is 1.67. The first-order chi connectivity index (χ1) is 17.1. The summed E-state index contributed by atoms with van der Waals surface area (Å²) in [6.07, 6.45) is 15.2. The fourth-order valence-electron chi connectivity index (χ4n) is 4.36.